The molecule has 32 heavy (non-hydrogen) atoms. The number of anilines is 2. The lowest BCUT2D eigenvalue weighted by molar-refractivity contribution is -0.472. The first-order valence-electron chi connectivity index (χ1n) is 8.18. The molecule has 0 N–H and O–H groups in total. The molecule has 0 radical (unpaired) electrons. The fourth-order valence-corrected chi connectivity index (χ4v) is 2.31. The molecule has 1 atom stereocenters. The number of carbonyl (C=O) groups excluding carboxylic acids is 1. The van der Waals surface area contributed by atoms with Crippen LogP contribution >= 0.6 is 0 Å². The average Bonchev–Trinajstić information content (AvgIpc) is 2.67. The summed E-state index contributed by atoms with van der Waals surface area (Å²) in [6.45, 7) is 0. The van der Waals surface area contributed by atoms with Gasteiger partial charge in [-0.3, -0.25) is 14.4 Å². The molecule has 176 valence electrons. The number of hydrogen-bond donors (Lipinski definition) is 0. The van der Waals surface area contributed by atoms with Gasteiger partial charge in [0.2, 0.25) is 0 Å². The molecule has 0 aromatic heterocycles. The third-order valence-corrected chi connectivity index (χ3v) is 3.86. The number of nitrogens with zero attached hydrogens (tertiary/aromatic N) is 1. The lowest BCUT2D eigenvalue weighted by Crippen LogP contribution is -2.63. The number of para-hydroxylation sites is 2. The molecule has 0 aliphatic rings. The van der Waals surface area contributed by atoms with Gasteiger partial charge in [0.05, 0.1) is 0 Å². The Morgan fingerprint density at radius 2 is 1.00 bits per heavy atom. The molecule has 0 bridgehead atoms. The van der Waals surface area contributed by atoms with Gasteiger partial charge in [0.15, 0.2) is 0 Å². The van der Waals surface area contributed by atoms with Crippen molar-refractivity contribution in [3.8, 4) is 0 Å². The van der Waals surface area contributed by atoms with Gasteiger partial charge >= 0.3 is 36.1 Å². The van der Waals surface area contributed by atoms with Crippen molar-refractivity contribution in [1.82, 2.24) is 0 Å². The van der Waals surface area contributed by atoms with Crippen molar-refractivity contribution in [2.45, 2.75) is 30.2 Å². The number of carbonyl (C=O) groups is 1. The van der Waals surface area contributed by atoms with E-state index >= 15 is 0 Å². The minimum absolute atomic E-state index is 0.157. The second-order valence-electron chi connectivity index (χ2n) is 6.10. The van der Waals surface area contributed by atoms with E-state index in [4.69, 9.17) is 0 Å². The van der Waals surface area contributed by atoms with E-state index in [1.54, 1.807) is 0 Å². The third kappa shape index (κ3) is 4.49. The first-order chi connectivity index (χ1) is 14.5. The van der Waals surface area contributed by atoms with Crippen molar-refractivity contribution in [2.24, 2.45) is 0 Å². The monoisotopic (exact) mass is 481 g/mol. The summed E-state index contributed by atoms with van der Waals surface area (Å²) in [7, 11) is 0. The van der Waals surface area contributed by atoms with Crippen LogP contribution in [0.2, 0.25) is 0 Å². The summed E-state index contributed by atoms with van der Waals surface area (Å²) < 4.78 is 147. The molecule has 3 nitrogen and oxygen atoms in total. The van der Waals surface area contributed by atoms with Crippen LogP contribution in [0.5, 0.6) is 0 Å². The minimum atomic E-state index is -7.27. The van der Waals surface area contributed by atoms with Crippen molar-refractivity contribution in [3.05, 3.63) is 60.7 Å². The van der Waals surface area contributed by atoms with Crippen LogP contribution in [-0.2, 0) is 9.53 Å². The topological polar surface area (TPSA) is 29.5 Å². The molecule has 0 saturated carbocycles. The predicted molar refractivity (Wildman–Crippen MR) is 87.0 cm³/mol. The van der Waals surface area contributed by atoms with Gasteiger partial charge in [-0.15, -0.1) is 0 Å². The van der Waals surface area contributed by atoms with E-state index in [1.165, 1.54) is 12.1 Å². The van der Waals surface area contributed by atoms with Crippen LogP contribution in [0, 0.1) is 0 Å². The summed E-state index contributed by atoms with van der Waals surface area (Å²) in [6, 6.07) is 10.8. The summed E-state index contributed by atoms with van der Waals surface area (Å²) in [5, 5.41) is 0. The molecule has 14 heteroatoms. The van der Waals surface area contributed by atoms with E-state index in [0.717, 1.165) is 48.5 Å². The summed E-state index contributed by atoms with van der Waals surface area (Å²) in [4.78, 5) is 12.4. The van der Waals surface area contributed by atoms with Crippen molar-refractivity contribution in [3.63, 3.8) is 0 Å². The number of alkyl halides is 11. The van der Waals surface area contributed by atoms with E-state index in [9.17, 15) is 53.1 Å². The summed E-state index contributed by atoms with van der Waals surface area (Å²) in [5.74, 6) is -16.6. The first-order valence-corrected chi connectivity index (χ1v) is 8.18. The Balaban J connectivity index is 2.66. The fourth-order valence-electron chi connectivity index (χ4n) is 2.31. The Labute approximate surface area is 172 Å². The van der Waals surface area contributed by atoms with Crippen LogP contribution in [0.1, 0.15) is 0 Å². The van der Waals surface area contributed by atoms with Crippen LogP contribution in [0.4, 0.5) is 59.7 Å². The van der Waals surface area contributed by atoms with Gasteiger partial charge in [0.1, 0.15) is 0 Å². The Bertz CT molecular complexity index is 890. The van der Waals surface area contributed by atoms with Crippen LogP contribution < -0.4 is 4.90 Å². The van der Waals surface area contributed by atoms with E-state index in [2.05, 4.69) is 4.74 Å². The largest absolute Gasteiger partial charge is 0.462 e. The Kier molecular flexibility index (Phi) is 6.52. The smallest absolute Gasteiger partial charge is 0.276 e. The van der Waals surface area contributed by atoms with Gasteiger partial charge in [0.25, 0.3) is 0 Å². The predicted octanol–water partition coefficient (Wildman–Crippen LogP) is 6.39. The molecule has 0 aliphatic carbocycles. The van der Waals surface area contributed by atoms with Crippen molar-refractivity contribution in [2.75, 3.05) is 4.90 Å². The first kappa shape index (κ1) is 25.4. The number of amides is 1. The standard InChI is InChI=1S/C18H10F11NO2/c19-14(16(22,23)24,32-18(28,29)15(20,21)17(25,26)27)13(31)30(11-7-3-1-4-8-11)12-9-5-2-6-10-12/h1-10H/t14-/m0/s1. The lowest BCUT2D eigenvalue weighted by Gasteiger charge is -2.36. The van der Waals surface area contributed by atoms with Crippen LogP contribution in [0.15, 0.2) is 60.7 Å². The molecule has 0 fully saturated rings. The highest BCUT2D eigenvalue weighted by atomic mass is 19.4. The molecule has 2 aromatic rings. The number of halogens is 11. The highest BCUT2D eigenvalue weighted by molar-refractivity contribution is 6.05. The van der Waals surface area contributed by atoms with Crippen LogP contribution in [0.25, 0.3) is 0 Å². The summed E-state index contributed by atoms with van der Waals surface area (Å²) >= 11 is 0. The Morgan fingerprint density at radius 1 is 0.625 bits per heavy atom. The van der Waals surface area contributed by atoms with Crippen LogP contribution in [-0.4, -0.2) is 36.1 Å². The zero-order chi connectivity index (χ0) is 24.6. The molecule has 0 heterocycles. The van der Waals surface area contributed by atoms with Crippen molar-refractivity contribution < 1.29 is 57.8 Å². The molecule has 0 unspecified atom stereocenters. The van der Waals surface area contributed by atoms with Gasteiger partial charge in [0, 0.05) is 11.4 Å². The summed E-state index contributed by atoms with van der Waals surface area (Å²) in [6.07, 6.45) is -21.0. The fraction of sp³-hybridized carbons (Fsp3) is 0.278. The Hall–Kier alpha value is -2.90. The maximum atomic E-state index is 14.8. The van der Waals surface area contributed by atoms with Crippen LogP contribution in [0.3, 0.4) is 0 Å². The zero-order valence-corrected chi connectivity index (χ0v) is 15.2. The van der Waals surface area contributed by atoms with Crippen molar-refractivity contribution in [1.29, 1.82) is 0 Å². The number of benzene rings is 2. The molecule has 2 rings (SSSR count). The molecule has 0 spiro atoms. The third-order valence-electron chi connectivity index (χ3n) is 3.86. The Morgan fingerprint density at radius 3 is 1.31 bits per heavy atom. The highest BCUT2D eigenvalue weighted by Gasteiger charge is 2.80. The molecule has 0 aliphatic heterocycles. The zero-order valence-electron chi connectivity index (χ0n) is 15.2. The molecule has 1 amide bonds. The second kappa shape index (κ2) is 8.22. The molecular formula is C18H10F11NO2. The molecule has 0 saturated heterocycles. The number of ether oxygens (including phenoxy) is 1. The maximum absolute atomic E-state index is 14.8. The molecule has 2 aromatic carbocycles. The average molecular weight is 481 g/mol. The van der Waals surface area contributed by atoms with E-state index in [1.807, 2.05) is 0 Å². The number of hydrogen-bond acceptors (Lipinski definition) is 2. The maximum Gasteiger partial charge on any atom is 0.462 e. The normalized spacial score (nSPS) is 15.2. The highest BCUT2D eigenvalue weighted by Crippen LogP contribution is 2.51. The number of rotatable bonds is 6. The molecular weight excluding hydrogens is 471 g/mol. The lowest BCUT2D eigenvalue weighted by atomic mass is 10.1. The van der Waals surface area contributed by atoms with Gasteiger partial charge < -0.3 is 0 Å². The van der Waals surface area contributed by atoms with E-state index in [-0.39, 0.29) is 4.90 Å². The second-order valence-corrected chi connectivity index (χ2v) is 6.10. The van der Waals surface area contributed by atoms with Gasteiger partial charge in [-0.05, 0) is 24.3 Å². The van der Waals surface area contributed by atoms with E-state index in [0.29, 0.717) is 0 Å². The van der Waals surface area contributed by atoms with Crippen molar-refractivity contribution >= 4 is 17.3 Å². The van der Waals surface area contributed by atoms with Gasteiger partial charge in [-0.2, -0.15) is 48.3 Å². The summed E-state index contributed by atoms with van der Waals surface area (Å²) in [5.41, 5.74) is -1.13. The quantitative estimate of drug-likeness (QED) is 0.448. The SMILES string of the molecule is O=C(N(c1ccccc1)c1ccccc1)[C@](F)(OC(F)(F)C(F)(F)C(F)(F)F)C(F)(F)F. The van der Waals surface area contributed by atoms with Gasteiger partial charge in [-0.25, -0.2) is 0 Å². The minimum Gasteiger partial charge on any atom is -0.276 e. The van der Waals surface area contributed by atoms with E-state index < -0.39 is 47.5 Å². The van der Waals surface area contributed by atoms with Gasteiger partial charge in [-0.1, -0.05) is 36.4 Å².